The van der Waals surface area contributed by atoms with Gasteiger partial charge in [-0.3, -0.25) is 4.79 Å². The SMILES string of the molecule is N#Cc1cccc(OCC(=O)c2ccc(-c3ccccc3)cc2)c1. The van der Waals surface area contributed by atoms with E-state index in [1.54, 1.807) is 36.4 Å². The van der Waals surface area contributed by atoms with E-state index in [1.165, 1.54) is 0 Å². The molecule has 0 saturated carbocycles. The fourth-order valence-corrected chi connectivity index (χ4v) is 2.37. The number of nitriles is 1. The van der Waals surface area contributed by atoms with Crippen LogP contribution in [0, 0.1) is 11.3 Å². The Balaban J connectivity index is 1.66. The van der Waals surface area contributed by atoms with Gasteiger partial charge in [0, 0.05) is 5.56 Å². The van der Waals surface area contributed by atoms with Gasteiger partial charge in [0.25, 0.3) is 0 Å². The van der Waals surface area contributed by atoms with E-state index in [4.69, 9.17) is 10.00 Å². The van der Waals surface area contributed by atoms with Crippen LogP contribution >= 0.6 is 0 Å². The molecule has 0 spiro atoms. The summed E-state index contributed by atoms with van der Waals surface area (Å²) < 4.78 is 5.48. The molecule has 3 heteroatoms. The van der Waals surface area contributed by atoms with Crippen molar-refractivity contribution >= 4 is 5.78 Å². The Hall–Kier alpha value is -3.38. The first kappa shape index (κ1) is 15.5. The molecule has 0 atom stereocenters. The molecule has 3 aromatic rings. The maximum atomic E-state index is 12.2. The monoisotopic (exact) mass is 313 g/mol. The third-order valence-electron chi connectivity index (χ3n) is 3.65. The van der Waals surface area contributed by atoms with Gasteiger partial charge in [0.1, 0.15) is 5.75 Å². The Bertz CT molecular complexity index is 878. The van der Waals surface area contributed by atoms with Gasteiger partial charge < -0.3 is 4.74 Å². The summed E-state index contributed by atoms with van der Waals surface area (Å²) in [5.41, 5.74) is 3.29. The van der Waals surface area contributed by atoms with Gasteiger partial charge in [-0.15, -0.1) is 0 Å². The molecule has 0 aromatic heterocycles. The summed E-state index contributed by atoms with van der Waals surface area (Å²) in [7, 11) is 0. The summed E-state index contributed by atoms with van der Waals surface area (Å²) in [6.07, 6.45) is 0. The zero-order valence-corrected chi connectivity index (χ0v) is 13.0. The number of Topliss-reactive ketones (excluding diaryl/α,β-unsaturated/α-hetero) is 1. The first-order valence-corrected chi connectivity index (χ1v) is 7.58. The van der Waals surface area contributed by atoms with Crippen molar-refractivity contribution in [1.82, 2.24) is 0 Å². The fraction of sp³-hybridized carbons (Fsp3) is 0.0476. The minimum atomic E-state index is -0.100. The summed E-state index contributed by atoms with van der Waals surface area (Å²) in [4.78, 5) is 12.2. The van der Waals surface area contributed by atoms with Crippen LogP contribution in [0.4, 0.5) is 0 Å². The van der Waals surface area contributed by atoms with E-state index >= 15 is 0 Å². The third kappa shape index (κ3) is 3.68. The van der Waals surface area contributed by atoms with Crippen molar-refractivity contribution in [3.63, 3.8) is 0 Å². The van der Waals surface area contributed by atoms with Crippen LogP contribution in [0.15, 0.2) is 78.9 Å². The average Bonchev–Trinajstić information content (AvgIpc) is 2.67. The van der Waals surface area contributed by atoms with Crippen LogP contribution < -0.4 is 4.74 Å². The second kappa shape index (κ2) is 7.26. The zero-order chi connectivity index (χ0) is 16.8. The van der Waals surface area contributed by atoms with Gasteiger partial charge in [-0.05, 0) is 29.3 Å². The summed E-state index contributed by atoms with van der Waals surface area (Å²) in [6.45, 7) is -0.0560. The number of rotatable bonds is 5. The summed E-state index contributed by atoms with van der Waals surface area (Å²) in [5.74, 6) is 0.417. The minimum absolute atomic E-state index is 0.0560. The molecule has 0 aliphatic rings. The molecule has 0 unspecified atom stereocenters. The Labute approximate surface area is 140 Å². The van der Waals surface area contributed by atoms with Gasteiger partial charge in [-0.25, -0.2) is 0 Å². The van der Waals surface area contributed by atoms with Crippen LogP contribution in [0.1, 0.15) is 15.9 Å². The standard InChI is InChI=1S/C21H15NO2/c22-14-16-5-4-8-20(13-16)24-15-21(23)19-11-9-18(10-12-19)17-6-2-1-3-7-17/h1-13H,15H2. The van der Waals surface area contributed by atoms with Gasteiger partial charge in [0.15, 0.2) is 12.4 Å². The van der Waals surface area contributed by atoms with E-state index in [1.807, 2.05) is 48.5 Å². The molecule has 0 fully saturated rings. The van der Waals surface area contributed by atoms with Gasteiger partial charge in [0.2, 0.25) is 0 Å². The highest BCUT2D eigenvalue weighted by atomic mass is 16.5. The van der Waals surface area contributed by atoms with E-state index in [-0.39, 0.29) is 12.4 Å². The normalized spacial score (nSPS) is 9.96. The second-order valence-corrected chi connectivity index (χ2v) is 5.29. The smallest absolute Gasteiger partial charge is 0.200 e. The second-order valence-electron chi connectivity index (χ2n) is 5.29. The predicted molar refractivity (Wildman–Crippen MR) is 92.9 cm³/mol. The highest BCUT2D eigenvalue weighted by molar-refractivity contribution is 5.97. The maximum absolute atomic E-state index is 12.2. The minimum Gasteiger partial charge on any atom is -0.485 e. The summed E-state index contributed by atoms with van der Waals surface area (Å²) >= 11 is 0. The van der Waals surface area contributed by atoms with Crippen molar-refractivity contribution < 1.29 is 9.53 Å². The molecule has 3 aromatic carbocycles. The number of hydrogen-bond acceptors (Lipinski definition) is 3. The van der Waals surface area contributed by atoms with E-state index < -0.39 is 0 Å². The Kier molecular flexibility index (Phi) is 4.69. The molecule has 3 rings (SSSR count). The van der Waals surface area contributed by atoms with Gasteiger partial charge >= 0.3 is 0 Å². The molecule has 116 valence electrons. The van der Waals surface area contributed by atoms with Gasteiger partial charge in [-0.1, -0.05) is 60.7 Å². The lowest BCUT2D eigenvalue weighted by molar-refractivity contribution is 0.0921. The number of benzene rings is 3. The lowest BCUT2D eigenvalue weighted by atomic mass is 10.0. The Morgan fingerprint density at radius 1 is 0.875 bits per heavy atom. The molecule has 0 bridgehead atoms. The molecule has 0 aliphatic carbocycles. The van der Waals surface area contributed by atoms with E-state index in [2.05, 4.69) is 0 Å². The largest absolute Gasteiger partial charge is 0.485 e. The highest BCUT2D eigenvalue weighted by Gasteiger charge is 2.08. The van der Waals surface area contributed by atoms with Crippen LogP contribution in [-0.2, 0) is 0 Å². The summed E-state index contributed by atoms with van der Waals surface area (Å²) in [5, 5.41) is 8.86. The van der Waals surface area contributed by atoms with E-state index in [0.29, 0.717) is 16.9 Å². The number of nitrogens with zero attached hydrogens (tertiary/aromatic N) is 1. The summed E-state index contributed by atoms with van der Waals surface area (Å²) in [6, 6.07) is 26.3. The quantitative estimate of drug-likeness (QED) is 0.652. The molecule has 0 radical (unpaired) electrons. The van der Waals surface area contributed by atoms with Crippen molar-refractivity contribution in [2.45, 2.75) is 0 Å². The maximum Gasteiger partial charge on any atom is 0.200 e. The molecule has 24 heavy (non-hydrogen) atoms. The van der Waals surface area contributed by atoms with E-state index in [0.717, 1.165) is 11.1 Å². The Morgan fingerprint density at radius 2 is 1.58 bits per heavy atom. The lowest BCUT2D eigenvalue weighted by Gasteiger charge is -2.07. The van der Waals surface area contributed by atoms with Crippen molar-refractivity contribution in [3.05, 3.63) is 90.0 Å². The van der Waals surface area contributed by atoms with Crippen molar-refractivity contribution in [3.8, 4) is 22.9 Å². The lowest BCUT2D eigenvalue weighted by Crippen LogP contribution is -2.11. The molecule has 0 N–H and O–H groups in total. The average molecular weight is 313 g/mol. The predicted octanol–water partition coefficient (Wildman–Crippen LogP) is 4.49. The fourth-order valence-electron chi connectivity index (χ4n) is 2.37. The van der Waals surface area contributed by atoms with Crippen LogP contribution in [-0.4, -0.2) is 12.4 Å². The number of ketones is 1. The number of hydrogen-bond donors (Lipinski definition) is 0. The number of carbonyl (C=O) groups excluding carboxylic acids is 1. The molecule has 3 nitrogen and oxygen atoms in total. The molecule has 0 saturated heterocycles. The van der Waals surface area contributed by atoms with Gasteiger partial charge in [-0.2, -0.15) is 5.26 Å². The highest BCUT2D eigenvalue weighted by Crippen LogP contribution is 2.19. The zero-order valence-electron chi connectivity index (χ0n) is 13.0. The number of carbonyl (C=O) groups is 1. The first-order valence-electron chi connectivity index (χ1n) is 7.58. The third-order valence-corrected chi connectivity index (χ3v) is 3.65. The Morgan fingerprint density at radius 3 is 2.29 bits per heavy atom. The number of ether oxygens (including phenoxy) is 1. The van der Waals surface area contributed by atoms with E-state index in [9.17, 15) is 4.79 Å². The molecular formula is C21H15NO2. The molecular weight excluding hydrogens is 298 g/mol. The molecule has 0 aliphatic heterocycles. The van der Waals surface area contributed by atoms with Crippen LogP contribution in [0.2, 0.25) is 0 Å². The first-order chi connectivity index (χ1) is 11.8. The topological polar surface area (TPSA) is 50.1 Å². The van der Waals surface area contributed by atoms with Crippen molar-refractivity contribution in [1.29, 1.82) is 5.26 Å². The van der Waals surface area contributed by atoms with Crippen LogP contribution in [0.5, 0.6) is 5.75 Å². The van der Waals surface area contributed by atoms with Gasteiger partial charge in [0.05, 0.1) is 11.6 Å². The van der Waals surface area contributed by atoms with Crippen LogP contribution in [0.25, 0.3) is 11.1 Å². The molecule has 0 heterocycles. The van der Waals surface area contributed by atoms with Crippen LogP contribution in [0.3, 0.4) is 0 Å². The molecule has 0 amide bonds. The van der Waals surface area contributed by atoms with Crippen molar-refractivity contribution in [2.24, 2.45) is 0 Å². The van der Waals surface area contributed by atoms with Crippen molar-refractivity contribution in [2.75, 3.05) is 6.61 Å².